The van der Waals surface area contributed by atoms with Crippen molar-refractivity contribution in [3.05, 3.63) is 48.0 Å². The summed E-state index contributed by atoms with van der Waals surface area (Å²) in [6.07, 6.45) is 4.19. The van der Waals surface area contributed by atoms with E-state index in [4.69, 9.17) is 17.2 Å². The van der Waals surface area contributed by atoms with Gasteiger partial charge in [0.05, 0.1) is 32.7 Å². The zero-order valence-corrected chi connectivity index (χ0v) is 45.5. The van der Waals surface area contributed by atoms with Gasteiger partial charge in [-0.25, -0.2) is 9.78 Å². The molecule has 0 aliphatic carbocycles. The molecule has 0 radical (unpaired) electrons. The van der Waals surface area contributed by atoms with Gasteiger partial charge >= 0.3 is 5.97 Å². The van der Waals surface area contributed by atoms with E-state index < -0.39 is 146 Å². The molecule has 9 atom stereocenters. The summed E-state index contributed by atoms with van der Waals surface area (Å²) >= 11 is 1.35. The van der Waals surface area contributed by atoms with E-state index in [-0.39, 0.29) is 62.7 Å². The molecule has 0 bridgehead atoms. The predicted molar refractivity (Wildman–Crippen MR) is 287 cm³/mol. The lowest BCUT2D eigenvalue weighted by molar-refractivity contribution is -0.142. The van der Waals surface area contributed by atoms with E-state index in [1.165, 1.54) is 48.6 Å². The zero-order valence-electron chi connectivity index (χ0n) is 44.7. The van der Waals surface area contributed by atoms with Gasteiger partial charge < -0.3 is 95.6 Å². The highest BCUT2D eigenvalue weighted by molar-refractivity contribution is 7.98. The van der Waals surface area contributed by atoms with Crippen LogP contribution >= 0.6 is 11.8 Å². The number of carbonyl (C=O) groups is 10. The van der Waals surface area contributed by atoms with Gasteiger partial charge in [-0.3, -0.25) is 48.1 Å². The Morgan fingerprint density at radius 1 is 0.646 bits per heavy atom. The number of phenols is 1. The number of carboxylic acid groups (broad SMARTS) is 1. The number of guanidine groups is 1. The molecule has 2 aromatic rings. The smallest absolute Gasteiger partial charge is 0.326 e. The summed E-state index contributed by atoms with van der Waals surface area (Å²) < 4.78 is 0. The van der Waals surface area contributed by atoms with Gasteiger partial charge in [-0.15, -0.1) is 0 Å². The second-order valence-corrected chi connectivity index (χ2v) is 19.9. The lowest BCUT2D eigenvalue weighted by Gasteiger charge is -2.27. The number of H-pyrrole nitrogens is 1. The number of aliphatic hydroxyl groups excluding tert-OH is 3. The number of nitrogens with one attached hydrogen (secondary N) is 10. The van der Waals surface area contributed by atoms with Gasteiger partial charge in [-0.1, -0.05) is 39.8 Å². The maximum atomic E-state index is 14.0. The highest BCUT2D eigenvalue weighted by atomic mass is 32.2. The molecule has 31 heteroatoms. The first-order chi connectivity index (χ1) is 37.3. The number of rotatable bonds is 36. The van der Waals surface area contributed by atoms with Crippen molar-refractivity contribution in [2.75, 3.05) is 44.9 Å². The second kappa shape index (κ2) is 35.0. The topological polar surface area (TPSA) is 499 Å². The number of aromatic amines is 1. The van der Waals surface area contributed by atoms with Gasteiger partial charge in [0.25, 0.3) is 0 Å². The van der Waals surface area contributed by atoms with Crippen LogP contribution in [0.1, 0.15) is 64.6 Å². The molecule has 79 heavy (non-hydrogen) atoms. The number of aliphatic hydroxyl groups is 3. The molecular formula is C48H77N15O15S. The maximum Gasteiger partial charge on any atom is 0.326 e. The number of carboxylic acids is 1. The number of aromatic hydroxyl groups is 1. The monoisotopic (exact) mass is 1140 g/mol. The Kier molecular flexibility index (Phi) is 29.9. The van der Waals surface area contributed by atoms with E-state index in [1.54, 1.807) is 34.0 Å². The van der Waals surface area contributed by atoms with Crippen molar-refractivity contribution in [2.45, 2.75) is 121 Å². The number of nitrogens with two attached hydrogens (primary N) is 3. The highest BCUT2D eigenvalue weighted by Crippen LogP contribution is 2.13. The molecule has 440 valence electrons. The highest BCUT2D eigenvalue weighted by Gasteiger charge is 2.35. The van der Waals surface area contributed by atoms with Crippen molar-refractivity contribution in [1.29, 1.82) is 0 Å². The molecule has 21 N–H and O–H groups in total. The molecule has 0 fully saturated rings. The maximum absolute atomic E-state index is 14.0. The number of phenolic OH excluding ortho intramolecular Hbond substituents is 1. The fourth-order valence-corrected chi connectivity index (χ4v) is 7.77. The van der Waals surface area contributed by atoms with Gasteiger partial charge in [-0.2, -0.15) is 11.8 Å². The SMILES string of the molecule is CSCC[C@H](NC(=O)[C@H](Cc1ccc(O)cc1)NC(=O)CNC(=O)[C@@H](NC(=O)[C@H](CCCN=C(N)N)NC(=O)[C@H](CO)NC(=O)[C@H](CO)NC(=O)[C@H](CC(C)C)NC(=O)[C@@H](N)CO)C(C)C)C(=O)N[C@@H](Cc1cnc[nH]1)C(=O)O. The van der Waals surface area contributed by atoms with Crippen LogP contribution < -0.4 is 65.1 Å². The number of imidazole rings is 1. The molecule has 0 aliphatic heterocycles. The summed E-state index contributed by atoms with van der Waals surface area (Å²) in [6, 6.07) is -7.38. The third kappa shape index (κ3) is 24.7. The molecule has 1 aromatic heterocycles. The molecule has 0 unspecified atom stereocenters. The number of carbonyl (C=O) groups excluding carboxylic acids is 9. The molecule has 0 saturated carbocycles. The van der Waals surface area contributed by atoms with E-state index in [0.29, 0.717) is 17.0 Å². The van der Waals surface area contributed by atoms with Crippen molar-refractivity contribution in [3.63, 3.8) is 0 Å². The quantitative estimate of drug-likeness (QED) is 0.0171. The lowest BCUT2D eigenvalue weighted by atomic mass is 10.0. The number of hydrogen-bond acceptors (Lipinski definition) is 18. The Labute approximate surface area is 460 Å². The first kappa shape index (κ1) is 67.5. The number of thioether (sulfide) groups is 1. The van der Waals surface area contributed by atoms with Crippen molar-refractivity contribution in [2.24, 2.45) is 34.0 Å². The first-order valence-electron chi connectivity index (χ1n) is 25.1. The van der Waals surface area contributed by atoms with Crippen molar-refractivity contribution in [3.8, 4) is 5.75 Å². The Morgan fingerprint density at radius 2 is 1.16 bits per heavy atom. The molecule has 30 nitrogen and oxygen atoms in total. The van der Waals surface area contributed by atoms with Crippen LogP contribution in [-0.2, 0) is 60.8 Å². The fraction of sp³-hybridized carbons (Fsp3) is 0.583. The average molecular weight is 1140 g/mol. The largest absolute Gasteiger partial charge is 0.508 e. The fourth-order valence-electron chi connectivity index (χ4n) is 7.30. The van der Waals surface area contributed by atoms with Crippen LogP contribution in [-0.4, -0.2) is 200 Å². The third-order valence-electron chi connectivity index (χ3n) is 11.6. The van der Waals surface area contributed by atoms with Crippen LogP contribution in [0.3, 0.4) is 0 Å². The Morgan fingerprint density at radius 3 is 1.67 bits per heavy atom. The molecular weight excluding hydrogens is 1060 g/mol. The summed E-state index contributed by atoms with van der Waals surface area (Å²) in [7, 11) is 0. The van der Waals surface area contributed by atoms with Crippen LogP contribution in [0.15, 0.2) is 41.8 Å². The van der Waals surface area contributed by atoms with Crippen molar-refractivity contribution >= 4 is 76.9 Å². The number of aromatic nitrogens is 2. The molecule has 1 heterocycles. The number of hydrogen-bond donors (Lipinski definition) is 18. The number of nitrogens with zero attached hydrogens (tertiary/aromatic N) is 2. The Balaban J connectivity index is 2.28. The summed E-state index contributed by atoms with van der Waals surface area (Å²) in [4.78, 5) is 144. The summed E-state index contributed by atoms with van der Waals surface area (Å²) in [6.45, 7) is 3.04. The van der Waals surface area contributed by atoms with Crippen LogP contribution in [0.4, 0.5) is 0 Å². The zero-order chi connectivity index (χ0) is 59.4. The molecule has 0 saturated heterocycles. The van der Waals surface area contributed by atoms with E-state index in [2.05, 4.69) is 62.8 Å². The van der Waals surface area contributed by atoms with Crippen LogP contribution in [0.5, 0.6) is 5.75 Å². The number of aliphatic carboxylic acids is 1. The summed E-state index contributed by atoms with van der Waals surface area (Å²) in [5.41, 5.74) is 17.3. The Bertz CT molecular complexity index is 2360. The minimum absolute atomic E-state index is 0.0251. The molecule has 9 amide bonds. The van der Waals surface area contributed by atoms with E-state index >= 15 is 0 Å². The van der Waals surface area contributed by atoms with Gasteiger partial charge in [0.15, 0.2) is 5.96 Å². The average Bonchev–Trinajstić information content (AvgIpc) is 3.92. The van der Waals surface area contributed by atoms with Gasteiger partial charge in [0.1, 0.15) is 60.1 Å². The summed E-state index contributed by atoms with van der Waals surface area (Å²) in [5.74, 6) is -10.6. The molecule has 2 rings (SSSR count). The van der Waals surface area contributed by atoms with Gasteiger partial charge in [0.2, 0.25) is 53.2 Å². The normalized spacial score (nSPS) is 14.5. The van der Waals surface area contributed by atoms with Crippen molar-refractivity contribution in [1.82, 2.24) is 57.8 Å². The van der Waals surface area contributed by atoms with Crippen LogP contribution in [0.25, 0.3) is 0 Å². The lowest BCUT2D eigenvalue weighted by Crippen LogP contribution is -2.61. The molecule has 0 spiro atoms. The van der Waals surface area contributed by atoms with Gasteiger partial charge in [0, 0.05) is 31.3 Å². The van der Waals surface area contributed by atoms with E-state index in [9.17, 15) is 73.5 Å². The predicted octanol–water partition coefficient (Wildman–Crippen LogP) is -6.21. The van der Waals surface area contributed by atoms with E-state index in [1.807, 2.05) is 0 Å². The number of amides is 9. The third-order valence-corrected chi connectivity index (χ3v) is 12.3. The summed E-state index contributed by atoms with van der Waals surface area (Å²) in [5, 5.41) is 71.0. The Hall–Kier alpha value is -7.61. The van der Waals surface area contributed by atoms with Crippen LogP contribution in [0.2, 0.25) is 0 Å². The molecule has 1 aromatic carbocycles. The minimum atomic E-state index is -1.79. The van der Waals surface area contributed by atoms with Gasteiger partial charge in [-0.05, 0) is 67.2 Å². The first-order valence-corrected chi connectivity index (χ1v) is 26.5. The van der Waals surface area contributed by atoms with E-state index in [0.717, 1.165) is 0 Å². The second-order valence-electron chi connectivity index (χ2n) is 18.9. The number of aliphatic imine (C=N–C) groups is 1. The van der Waals surface area contributed by atoms with Crippen LogP contribution in [0, 0.1) is 11.8 Å². The standard InChI is InChI=1S/C48H77N15O15S/c1-24(2)15-32(59-39(69)29(49)20-64)42(72)61-36(22-66)45(75)62-35(21-65)44(74)57-30(7-6-13-53-48(50)51)41(71)63-38(25(3)4)46(76)54-19-37(68)56-33(16-26-8-10-28(67)11-9-26)43(73)58-31(12-14-79-5)40(70)60-34(47(77)78)17-27-18-52-23-55-27/h8-11,18,23-25,29-36,38,64-67H,6-7,12-17,19-22,49H2,1-5H3,(H,52,55)(H,54,76)(H,56,68)(H,57,74)(H,58,73)(H,59,69)(H,60,70)(H,61,72)(H,62,75)(H,63,71)(H,77,78)(H4,50,51,53)/t29-,30-,31-,32-,33-,34-,35-,36-,38-/m0/s1. The molecule has 0 aliphatic rings. The number of benzene rings is 1. The minimum Gasteiger partial charge on any atom is -0.508 e. The van der Waals surface area contributed by atoms with Crippen molar-refractivity contribution < 1.29 is 73.5 Å².